The topological polar surface area (TPSA) is 75.1 Å². The molecule has 0 saturated heterocycles. The number of amides is 1. The van der Waals surface area contributed by atoms with Crippen LogP contribution in [0.3, 0.4) is 0 Å². The number of aliphatic hydroxyl groups is 1. The van der Waals surface area contributed by atoms with Crippen LogP contribution >= 0.6 is 12.4 Å². The van der Waals surface area contributed by atoms with Crippen LogP contribution in [0, 0.1) is 5.92 Å². The zero-order valence-electron chi connectivity index (χ0n) is 13.0. The number of hydrogen-bond acceptors (Lipinski definition) is 4. The van der Waals surface area contributed by atoms with Gasteiger partial charge in [-0.3, -0.25) is 10.1 Å². The van der Waals surface area contributed by atoms with E-state index in [1.165, 1.54) is 12.8 Å². The van der Waals surface area contributed by atoms with Crippen molar-refractivity contribution in [2.45, 2.75) is 59.0 Å². The lowest BCUT2D eigenvalue weighted by Gasteiger charge is -2.11. The van der Waals surface area contributed by atoms with Crippen LogP contribution < -0.4 is 5.32 Å². The largest absolute Gasteiger partial charge is 0.388 e. The van der Waals surface area contributed by atoms with Crippen LogP contribution in [-0.4, -0.2) is 21.0 Å². The Morgan fingerprint density at radius 2 is 1.86 bits per heavy atom. The predicted octanol–water partition coefficient (Wildman–Crippen LogP) is 3.50. The zero-order valence-corrected chi connectivity index (χ0v) is 13.8. The molecular formula is C15H26ClN3O2. The molecule has 2 N–H and O–H groups in total. The molecule has 0 aliphatic rings. The van der Waals surface area contributed by atoms with Crippen LogP contribution in [0.4, 0.5) is 5.95 Å². The molecule has 1 aromatic rings. The van der Waals surface area contributed by atoms with E-state index in [9.17, 15) is 9.90 Å². The van der Waals surface area contributed by atoms with Crippen LogP contribution in [0.1, 0.15) is 64.5 Å². The van der Waals surface area contributed by atoms with Gasteiger partial charge in [0.1, 0.15) is 0 Å². The van der Waals surface area contributed by atoms with Gasteiger partial charge < -0.3 is 5.11 Å². The van der Waals surface area contributed by atoms with E-state index in [-0.39, 0.29) is 30.2 Å². The molecule has 1 heterocycles. The smallest absolute Gasteiger partial charge is 0.229 e. The Balaban J connectivity index is 0.00000400. The van der Waals surface area contributed by atoms with Gasteiger partial charge in [0.05, 0.1) is 6.10 Å². The molecule has 120 valence electrons. The summed E-state index contributed by atoms with van der Waals surface area (Å²) in [5.74, 6) is 0.0610. The average molecular weight is 316 g/mol. The molecule has 0 fully saturated rings. The van der Waals surface area contributed by atoms with Gasteiger partial charge in [0.15, 0.2) is 0 Å². The first-order valence-corrected chi connectivity index (χ1v) is 7.35. The monoisotopic (exact) mass is 315 g/mol. The Kier molecular flexibility index (Phi) is 9.91. The standard InChI is InChI=1S/C15H25N3O2.ClH/c1-4-5-6-7-8-13(19)12-9-16-15(17-10-12)18-14(20)11(2)3;/h9-11,13,19H,4-8H2,1-3H3,(H,16,17,18,20);1H/t13-;/m0./s1. The first kappa shape index (κ1) is 19.8. The fraction of sp³-hybridized carbons (Fsp3) is 0.667. The number of unbranched alkanes of at least 4 members (excludes halogenated alkanes) is 3. The lowest BCUT2D eigenvalue weighted by molar-refractivity contribution is -0.118. The van der Waals surface area contributed by atoms with Crippen molar-refractivity contribution in [3.8, 4) is 0 Å². The van der Waals surface area contributed by atoms with Crippen LogP contribution in [0.15, 0.2) is 12.4 Å². The average Bonchev–Trinajstić information content (AvgIpc) is 2.44. The Hall–Kier alpha value is -1.20. The lowest BCUT2D eigenvalue weighted by atomic mass is 10.1. The molecule has 0 unspecified atom stereocenters. The molecule has 0 aromatic carbocycles. The molecule has 0 saturated carbocycles. The summed E-state index contributed by atoms with van der Waals surface area (Å²) >= 11 is 0. The molecule has 0 aliphatic carbocycles. The molecule has 0 radical (unpaired) electrons. The number of rotatable bonds is 8. The summed E-state index contributed by atoms with van der Waals surface area (Å²) in [4.78, 5) is 19.6. The van der Waals surface area contributed by atoms with Crippen molar-refractivity contribution in [2.75, 3.05) is 5.32 Å². The van der Waals surface area contributed by atoms with Crippen molar-refractivity contribution in [2.24, 2.45) is 5.92 Å². The Morgan fingerprint density at radius 1 is 1.24 bits per heavy atom. The number of nitrogens with zero attached hydrogens (tertiary/aromatic N) is 2. The molecule has 1 aromatic heterocycles. The molecule has 0 aliphatic heterocycles. The third-order valence-corrected chi connectivity index (χ3v) is 3.15. The van der Waals surface area contributed by atoms with E-state index in [0.29, 0.717) is 5.56 Å². The number of aromatic nitrogens is 2. The molecule has 0 bridgehead atoms. The van der Waals surface area contributed by atoms with Gasteiger partial charge in [0, 0.05) is 23.9 Å². The predicted molar refractivity (Wildman–Crippen MR) is 86.5 cm³/mol. The maximum atomic E-state index is 11.5. The molecule has 1 atom stereocenters. The highest BCUT2D eigenvalue weighted by atomic mass is 35.5. The zero-order chi connectivity index (χ0) is 15.0. The van der Waals surface area contributed by atoms with Crippen molar-refractivity contribution in [1.29, 1.82) is 0 Å². The van der Waals surface area contributed by atoms with E-state index in [0.717, 1.165) is 19.3 Å². The van der Waals surface area contributed by atoms with Gasteiger partial charge in [-0.15, -0.1) is 12.4 Å². The van der Waals surface area contributed by atoms with Gasteiger partial charge in [-0.1, -0.05) is 46.5 Å². The molecule has 1 amide bonds. The molecule has 5 nitrogen and oxygen atoms in total. The summed E-state index contributed by atoms with van der Waals surface area (Å²) in [6.45, 7) is 5.78. The van der Waals surface area contributed by atoms with E-state index in [2.05, 4.69) is 22.2 Å². The number of anilines is 1. The van der Waals surface area contributed by atoms with E-state index >= 15 is 0 Å². The van der Waals surface area contributed by atoms with Gasteiger partial charge >= 0.3 is 0 Å². The summed E-state index contributed by atoms with van der Waals surface area (Å²) in [5.41, 5.74) is 0.698. The van der Waals surface area contributed by atoms with E-state index in [1.54, 1.807) is 12.4 Å². The van der Waals surface area contributed by atoms with Gasteiger partial charge in [0.25, 0.3) is 0 Å². The molecule has 21 heavy (non-hydrogen) atoms. The van der Waals surface area contributed by atoms with Gasteiger partial charge in [-0.2, -0.15) is 0 Å². The van der Waals surface area contributed by atoms with Crippen LogP contribution in [0.25, 0.3) is 0 Å². The van der Waals surface area contributed by atoms with Crippen molar-refractivity contribution >= 4 is 24.3 Å². The van der Waals surface area contributed by atoms with Crippen LogP contribution in [0.2, 0.25) is 0 Å². The summed E-state index contributed by atoms with van der Waals surface area (Å²) in [7, 11) is 0. The number of hydrogen-bond donors (Lipinski definition) is 2. The molecule has 1 rings (SSSR count). The van der Waals surface area contributed by atoms with Crippen molar-refractivity contribution in [3.05, 3.63) is 18.0 Å². The highest BCUT2D eigenvalue weighted by molar-refractivity contribution is 5.90. The van der Waals surface area contributed by atoms with Crippen LogP contribution in [0.5, 0.6) is 0 Å². The highest BCUT2D eigenvalue weighted by Crippen LogP contribution is 2.19. The van der Waals surface area contributed by atoms with Crippen molar-refractivity contribution in [1.82, 2.24) is 9.97 Å². The summed E-state index contributed by atoms with van der Waals surface area (Å²) in [5, 5.41) is 12.6. The fourth-order valence-corrected chi connectivity index (χ4v) is 1.76. The van der Waals surface area contributed by atoms with Crippen molar-refractivity contribution < 1.29 is 9.90 Å². The van der Waals surface area contributed by atoms with Gasteiger partial charge in [-0.05, 0) is 6.42 Å². The second-order valence-corrected chi connectivity index (χ2v) is 5.35. The summed E-state index contributed by atoms with van der Waals surface area (Å²) in [6, 6.07) is 0. The second-order valence-electron chi connectivity index (χ2n) is 5.35. The normalized spacial score (nSPS) is 11.9. The van der Waals surface area contributed by atoms with E-state index in [4.69, 9.17) is 0 Å². The minimum Gasteiger partial charge on any atom is -0.388 e. The highest BCUT2D eigenvalue weighted by Gasteiger charge is 2.11. The Bertz CT molecular complexity index is 410. The SMILES string of the molecule is CCCCCC[C@H](O)c1cnc(NC(=O)C(C)C)nc1.Cl. The summed E-state index contributed by atoms with van der Waals surface area (Å²) in [6.07, 6.45) is 7.87. The molecule has 6 heteroatoms. The minimum absolute atomic E-state index is 0. The summed E-state index contributed by atoms with van der Waals surface area (Å²) < 4.78 is 0. The molecule has 0 spiro atoms. The minimum atomic E-state index is -0.526. The second kappa shape index (κ2) is 10.5. The quantitative estimate of drug-likeness (QED) is 0.720. The van der Waals surface area contributed by atoms with Crippen LogP contribution in [-0.2, 0) is 4.79 Å². The number of carbonyl (C=O) groups is 1. The maximum Gasteiger partial charge on any atom is 0.229 e. The van der Waals surface area contributed by atoms with Crippen molar-refractivity contribution in [3.63, 3.8) is 0 Å². The van der Waals surface area contributed by atoms with Gasteiger partial charge in [0.2, 0.25) is 11.9 Å². The van der Waals surface area contributed by atoms with E-state index in [1.807, 2.05) is 13.8 Å². The fourth-order valence-electron chi connectivity index (χ4n) is 1.76. The van der Waals surface area contributed by atoms with Gasteiger partial charge in [-0.25, -0.2) is 9.97 Å². The molecular weight excluding hydrogens is 290 g/mol. The Morgan fingerprint density at radius 3 is 2.38 bits per heavy atom. The lowest BCUT2D eigenvalue weighted by Crippen LogP contribution is -2.19. The maximum absolute atomic E-state index is 11.5. The third-order valence-electron chi connectivity index (χ3n) is 3.15. The number of halogens is 1. The third kappa shape index (κ3) is 7.39. The van der Waals surface area contributed by atoms with E-state index < -0.39 is 6.10 Å². The first-order valence-electron chi connectivity index (χ1n) is 7.35. The number of carbonyl (C=O) groups excluding carboxylic acids is 1. The first-order chi connectivity index (χ1) is 9.54. The Labute approximate surface area is 133 Å². The number of aliphatic hydroxyl groups excluding tert-OH is 1. The number of nitrogens with one attached hydrogen (secondary N) is 1.